The second-order valence-corrected chi connectivity index (χ2v) is 7.45. The molecule has 152 valence electrons. The number of aryl methyl sites for hydroxylation is 2. The van der Waals surface area contributed by atoms with Gasteiger partial charge in [0.05, 0.1) is 7.11 Å². The molecule has 2 aromatic carbocycles. The second-order valence-electron chi connectivity index (χ2n) is 7.45. The van der Waals surface area contributed by atoms with Gasteiger partial charge in [-0.3, -0.25) is 9.69 Å². The Balaban J connectivity index is 1.50. The first-order valence-corrected chi connectivity index (χ1v) is 10.1. The zero-order chi connectivity index (χ0) is 20.6. The van der Waals surface area contributed by atoms with Crippen LogP contribution in [-0.2, 0) is 4.79 Å². The first-order chi connectivity index (χ1) is 14.1. The standard InChI is InChI=1S/C25H30N2O2/c1-20-18-23(29-3)19-21(2)24(20)11-12-25(28)27-16-14-26(15-17-27)13-7-10-22-8-5-4-6-9-22/h4-12,18-19H,13-17H2,1-3H3/b10-7+,12-11+. The summed E-state index contributed by atoms with van der Waals surface area (Å²) in [5.41, 5.74) is 4.53. The lowest BCUT2D eigenvalue weighted by Crippen LogP contribution is -2.48. The predicted octanol–water partition coefficient (Wildman–Crippen LogP) is 4.18. The quantitative estimate of drug-likeness (QED) is 0.694. The lowest BCUT2D eigenvalue weighted by atomic mass is 10.0. The molecule has 0 radical (unpaired) electrons. The molecule has 1 fully saturated rings. The van der Waals surface area contributed by atoms with Gasteiger partial charge < -0.3 is 9.64 Å². The van der Waals surface area contributed by atoms with Crippen LogP contribution in [0, 0.1) is 13.8 Å². The third kappa shape index (κ3) is 5.81. The van der Waals surface area contributed by atoms with E-state index in [4.69, 9.17) is 4.74 Å². The van der Waals surface area contributed by atoms with Crippen molar-refractivity contribution in [2.45, 2.75) is 13.8 Å². The first kappa shape index (κ1) is 20.9. The third-order valence-corrected chi connectivity index (χ3v) is 5.35. The Morgan fingerprint density at radius 1 is 1.00 bits per heavy atom. The normalized spacial score (nSPS) is 15.3. The molecule has 0 spiro atoms. The molecular formula is C25H30N2O2. The first-order valence-electron chi connectivity index (χ1n) is 10.1. The minimum atomic E-state index is 0.0825. The van der Waals surface area contributed by atoms with E-state index in [-0.39, 0.29) is 5.91 Å². The molecule has 3 rings (SSSR count). The van der Waals surface area contributed by atoms with Crippen molar-refractivity contribution < 1.29 is 9.53 Å². The molecule has 0 atom stereocenters. The number of piperazine rings is 1. The molecule has 0 unspecified atom stereocenters. The smallest absolute Gasteiger partial charge is 0.246 e. The summed E-state index contributed by atoms with van der Waals surface area (Å²) < 4.78 is 5.31. The summed E-state index contributed by atoms with van der Waals surface area (Å²) in [5, 5.41) is 0. The van der Waals surface area contributed by atoms with E-state index in [2.05, 4.69) is 29.2 Å². The van der Waals surface area contributed by atoms with Crippen LogP contribution in [0.15, 0.2) is 54.6 Å². The number of nitrogens with zero attached hydrogens (tertiary/aromatic N) is 2. The van der Waals surface area contributed by atoms with Crippen molar-refractivity contribution in [3.63, 3.8) is 0 Å². The zero-order valence-corrected chi connectivity index (χ0v) is 17.6. The van der Waals surface area contributed by atoms with Crippen LogP contribution in [0.3, 0.4) is 0 Å². The molecule has 0 aromatic heterocycles. The van der Waals surface area contributed by atoms with Gasteiger partial charge >= 0.3 is 0 Å². The molecule has 29 heavy (non-hydrogen) atoms. The molecule has 0 bridgehead atoms. The highest BCUT2D eigenvalue weighted by molar-refractivity contribution is 5.92. The fourth-order valence-electron chi connectivity index (χ4n) is 3.63. The summed E-state index contributed by atoms with van der Waals surface area (Å²) in [6, 6.07) is 14.3. The molecule has 4 nitrogen and oxygen atoms in total. The maximum Gasteiger partial charge on any atom is 0.246 e. The van der Waals surface area contributed by atoms with Crippen LogP contribution in [0.25, 0.3) is 12.2 Å². The summed E-state index contributed by atoms with van der Waals surface area (Å²) in [6.45, 7) is 8.34. The van der Waals surface area contributed by atoms with Crippen molar-refractivity contribution in [1.29, 1.82) is 0 Å². The van der Waals surface area contributed by atoms with Crippen LogP contribution >= 0.6 is 0 Å². The van der Waals surface area contributed by atoms with Crippen LogP contribution < -0.4 is 4.74 Å². The average Bonchev–Trinajstić information content (AvgIpc) is 2.74. The SMILES string of the molecule is COc1cc(C)c(/C=C/C(=O)N2CCN(C/C=C/c3ccccc3)CC2)c(C)c1. The van der Waals surface area contributed by atoms with Crippen LogP contribution in [0.1, 0.15) is 22.3 Å². The summed E-state index contributed by atoms with van der Waals surface area (Å²) in [7, 11) is 1.67. The average molecular weight is 391 g/mol. The van der Waals surface area contributed by atoms with E-state index in [1.165, 1.54) is 5.56 Å². The molecule has 1 heterocycles. The highest BCUT2D eigenvalue weighted by Gasteiger charge is 2.18. The number of rotatable bonds is 6. The molecule has 0 saturated carbocycles. The van der Waals surface area contributed by atoms with Gasteiger partial charge in [-0.15, -0.1) is 0 Å². The molecule has 0 aliphatic carbocycles. The lowest BCUT2D eigenvalue weighted by molar-refractivity contribution is -0.127. The van der Waals surface area contributed by atoms with E-state index in [9.17, 15) is 4.79 Å². The van der Waals surface area contributed by atoms with E-state index in [0.717, 1.165) is 55.2 Å². The molecule has 1 aliphatic heterocycles. The number of methoxy groups -OCH3 is 1. The number of carbonyl (C=O) groups excluding carboxylic acids is 1. The summed E-state index contributed by atoms with van der Waals surface area (Å²) in [5.74, 6) is 0.931. The number of benzene rings is 2. The van der Waals surface area contributed by atoms with Gasteiger partial charge in [0.25, 0.3) is 0 Å². The monoisotopic (exact) mass is 390 g/mol. The van der Waals surface area contributed by atoms with E-state index in [1.54, 1.807) is 13.2 Å². The number of hydrogen-bond donors (Lipinski definition) is 0. The van der Waals surface area contributed by atoms with Crippen molar-refractivity contribution in [2.24, 2.45) is 0 Å². The van der Waals surface area contributed by atoms with E-state index in [1.807, 2.05) is 55.2 Å². The molecular weight excluding hydrogens is 360 g/mol. The van der Waals surface area contributed by atoms with Crippen LogP contribution in [0.4, 0.5) is 0 Å². The highest BCUT2D eigenvalue weighted by Crippen LogP contribution is 2.22. The van der Waals surface area contributed by atoms with E-state index >= 15 is 0 Å². The highest BCUT2D eigenvalue weighted by atomic mass is 16.5. The predicted molar refractivity (Wildman–Crippen MR) is 120 cm³/mol. The topological polar surface area (TPSA) is 32.8 Å². The summed E-state index contributed by atoms with van der Waals surface area (Å²) in [6.07, 6.45) is 7.98. The van der Waals surface area contributed by atoms with Gasteiger partial charge in [0.15, 0.2) is 0 Å². The molecule has 1 saturated heterocycles. The minimum absolute atomic E-state index is 0.0825. The number of ether oxygens (including phenoxy) is 1. The van der Waals surface area contributed by atoms with Crippen molar-refractivity contribution in [2.75, 3.05) is 39.8 Å². The second kappa shape index (κ2) is 10.1. The van der Waals surface area contributed by atoms with Crippen molar-refractivity contribution in [1.82, 2.24) is 9.80 Å². The van der Waals surface area contributed by atoms with E-state index < -0.39 is 0 Å². The van der Waals surface area contributed by atoms with E-state index in [0.29, 0.717) is 0 Å². The van der Waals surface area contributed by atoms with Crippen molar-refractivity contribution in [3.05, 3.63) is 76.9 Å². The maximum absolute atomic E-state index is 12.6. The maximum atomic E-state index is 12.6. The van der Waals surface area contributed by atoms with Crippen LogP contribution in [0.2, 0.25) is 0 Å². The van der Waals surface area contributed by atoms with Gasteiger partial charge in [-0.2, -0.15) is 0 Å². The van der Waals surface area contributed by atoms with Gasteiger partial charge in [-0.1, -0.05) is 42.5 Å². The Hall–Kier alpha value is -2.85. The Kier molecular flexibility index (Phi) is 7.25. The Morgan fingerprint density at radius 3 is 2.28 bits per heavy atom. The largest absolute Gasteiger partial charge is 0.497 e. The Labute approximate surface area is 174 Å². The summed E-state index contributed by atoms with van der Waals surface area (Å²) >= 11 is 0. The summed E-state index contributed by atoms with van der Waals surface area (Å²) in [4.78, 5) is 16.9. The van der Waals surface area contributed by atoms with Gasteiger partial charge in [-0.25, -0.2) is 0 Å². The van der Waals surface area contributed by atoms with Crippen LogP contribution in [-0.4, -0.2) is 55.5 Å². The number of hydrogen-bond acceptors (Lipinski definition) is 3. The van der Waals surface area contributed by atoms with Crippen molar-refractivity contribution in [3.8, 4) is 5.75 Å². The van der Waals surface area contributed by atoms with Gasteiger partial charge in [0, 0.05) is 38.8 Å². The minimum Gasteiger partial charge on any atom is -0.497 e. The fraction of sp³-hybridized carbons (Fsp3) is 0.320. The molecule has 1 aliphatic rings. The third-order valence-electron chi connectivity index (χ3n) is 5.35. The molecule has 1 amide bonds. The molecule has 2 aromatic rings. The van der Waals surface area contributed by atoms with Gasteiger partial charge in [-0.05, 0) is 54.3 Å². The number of carbonyl (C=O) groups is 1. The Morgan fingerprint density at radius 2 is 1.66 bits per heavy atom. The molecule has 4 heteroatoms. The molecule has 0 N–H and O–H groups in total. The lowest BCUT2D eigenvalue weighted by Gasteiger charge is -2.33. The van der Waals surface area contributed by atoms with Crippen LogP contribution in [0.5, 0.6) is 5.75 Å². The van der Waals surface area contributed by atoms with Gasteiger partial charge in [0.2, 0.25) is 5.91 Å². The fourth-order valence-corrected chi connectivity index (χ4v) is 3.63. The van der Waals surface area contributed by atoms with Gasteiger partial charge in [0.1, 0.15) is 5.75 Å². The Bertz CT molecular complexity index is 856. The zero-order valence-electron chi connectivity index (χ0n) is 17.6. The number of amides is 1. The van der Waals surface area contributed by atoms with Crippen molar-refractivity contribution >= 4 is 18.1 Å².